The standard InChI is InChI=1S/C24H30FN3O3/c1-17-14-28(15-18(2)31-17)22-8-3-19(13-26-22)23(29)27-16-24(9-11-30-12-10-24)20-4-6-21(25)7-5-20/h3-8,13,17-18H,9-12,14-16H2,1-2H3,(H,27,29). The number of carbonyl (C=O) groups is 1. The van der Waals surface area contributed by atoms with E-state index in [-0.39, 0.29) is 29.3 Å². The third-order valence-electron chi connectivity index (χ3n) is 6.25. The van der Waals surface area contributed by atoms with Crippen LogP contribution in [-0.4, -0.2) is 55.9 Å². The maximum Gasteiger partial charge on any atom is 0.252 e. The van der Waals surface area contributed by atoms with Gasteiger partial charge in [0.1, 0.15) is 11.6 Å². The maximum absolute atomic E-state index is 13.4. The van der Waals surface area contributed by atoms with Gasteiger partial charge in [-0.25, -0.2) is 9.37 Å². The Kier molecular flexibility index (Phi) is 6.53. The Bertz CT molecular complexity index is 872. The first-order valence-corrected chi connectivity index (χ1v) is 10.9. The summed E-state index contributed by atoms with van der Waals surface area (Å²) in [6.07, 6.45) is 3.49. The van der Waals surface area contributed by atoms with Crippen LogP contribution in [-0.2, 0) is 14.9 Å². The van der Waals surface area contributed by atoms with Gasteiger partial charge in [0.25, 0.3) is 5.91 Å². The molecule has 2 unspecified atom stereocenters. The molecule has 166 valence electrons. The van der Waals surface area contributed by atoms with Crippen molar-refractivity contribution in [3.8, 4) is 0 Å². The second kappa shape index (κ2) is 9.32. The van der Waals surface area contributed by atoms with Crippen molar-refractivity contribution in [2.75, 3.05) is 37.7 Å². The molecule has 1 aromatic carbocycles. The first kappa shape index (κ1) is 21.7. The number of aromatic nitrogens is 1. The molecular weight excluding hydrogens is 397 g/mol. The summed E-state index contributed by atoms with van der Waals surface area (Å²) in [5, 5.41) is 3.07. The van der Waals surface area contributed by atoms with E-state index in [1.54, 1.807) is 6.20 Å². The fourth-order valence-electron chi connectivity index (χ4n) is 4.56. The van der Waals surface area contributed by atoms with E-state index in [2.05, 4.69) is 29.0 Å². The van der Waals surface area contributed by atoms with Crippen LogP contribution in [0.4, 0.5) is 10.2 Å². The number of rotatable bonds is 5. The SMILES string of the molecule is CC1CN(c2ccc(C(=O)NCC3(c4ccc(F)cc4)CCOCC3)cn2)CC(C)O1. The van der Waals surface area contributed by atoms with Crippen LogP contribution in [0.3, 0.4) is 0 Å². The fourth-order valence-corrected chi connectivity index (χ4v) is 4.56. The molecule has 0 bridgehead atoms. The van der Waals surface area contributed by atoms with E-state index in [9.17, 15) is 9.18 Å². The third-order valence-corrected chi connectivity index (χ3v) is 6.25. The minimum atomic E-state index is -0.259. The summed E-state index contributed by atoms with van der Waals surface area (Å²) in [6.45, 7) is 7.40. The highest BCUT2D eigenvalue weighted by Crippen LogP contribution is 2.34. The number of pyridine rings is 1. The zero-order chi connectivity index (χ0) is 21.8. The van der Waals surface area contributed by atoms with Crippen molar-refractivity contribution in [1.82, 2.24) is 10.3 Å². The molecule has 1 aromatic heterocycles. The Hall–Kier alpha value is -2.51. The normalized spacial score (nSPS) is 23.4. The van der Waals surface area contributed by atoms with Gasteiger partial charge in [-0.2, -0.15) is 0 Å². The number of ether oxygens (including phenoxy) is 2. The number of benzene rings is 1. The highest BCUT2D eigenvalue weighted by atomic mass is 19.1. The van der Waals surface area contributed by atoms with Crippen LogP contribution < -0.4 is 10.2 Å². The Morgan fingerprint density at radius 2 is 1.81 bits per heavy atom. The van der Waals surface area contributed by atoms with Gasteiger partial charge < -0.3 is 19.7 Å². The summed E-state index contributed by atoms with van der Waals surface area (Å²) in [5.74, 6) is 0.437. The van der Waals surface area contributed by atoms with Gasteiger partial charge in [-0.05, 0) is 56.5 Å². The predicted octanol–water partition coefficient (Wildman–Crippen LogP) is 3.31. The van der Waals surface area contributed by atoms with Crippen molar-refractivity contribution in [2.45, 2.75) is 44.3 Å². The molecule has 2 aromatic rings. The van der Waals surface area contributed by atoms with E-state index in [1.807, 2.05) is 24.3 Å². The maximum atomic E-state index is 13.4. The van der Waals surface area contributed by atoms with Crippen LogP contribution >= 0.6 is 0 Å². The number of hydrogen-bond donors (Lipinski definition) is 1. The average molecular weight is 428 g/mol. The molecular formula is C24H30FN3O3. The largest absolute Gasteiger partial charge is 0.381 e. The van der Waals surface area contributed by atoms with Crippen molar-refractivity contribution in [3.63, 3.8) is 0 Å². The summed E-state index contributed by atoms with van der Waals surface area (Å²) in [4.78, 5) is 19.5. The number of anilines is 1. The minimum Gasteiger partial charge on any atom is -0.381 e. The summed E-state index contributed by atoms with van der Waals surface area (Å²) < 4.78 is 24.7. The van der Waals surface area contributed by atoms with Crippen LogP contribution in [0.15, 0.2) is 42.6 Å². The molecule has 0 saturated carbocycles. The molecule has 1 N–H and O–H groups in total. The van der Waals surface area contributed by atoms with Crippen LogP contribution in [0.1, 0.15) is 42.6 Å². The molecule has 2 aliphatic heterocycles. The van der Waals surface area contributed by atoms with Gasteiger partial charge >= 0.3 is 0 Å². The van der Waals surface area contributed by atoms with Crippen LogP contribution in [0.25, 0.3) is 0 Å². The molecule has 0 spiro atoms. The van der Waals surface area contributed by atoms with Crippen molar-refractivity contribution in [2.24, 2.45) is 0 Å². The van der Waals surface area contributed by atoms with E-state index >= 15 is 0 Å². The fraction of sp³-hybridized carbons (Fsp3) is 0.500. The van der Waals surface area contributed by atoms with Gasteiger partial charge in [-0.15, -0.1) is 0 Å². The highest BCUT2D eigenvalue weighted by Gasteiger charge is 2.35. The predicted molar refractivity (Wildman–Crippen MR) is 117 cm³/mol. The van der Waals surface area contributed by atoms with Gasteiger partial charge in [-0.1, -0.05) is 12.1 Å². The van der Waals surface area contributed by atoms with Crippen LogP contribution in [0.5, 0.6) is 0 Å². The molecule has 2 saturated heterocycles. The van der Waals surface area contributed by atoms with Gasteiger partial charge in [-0.3, -0.25) is 4.79 Å². The number of halogens is 1. The summed E-state index contributed by atoms with van der Waals surface area (Å²) >= 11 is 0. The number of hydrogen-bond acceptors (Lipinski definition) is 5. The minimum absolute atomic E-state index is 0.149. The van der Waals surface area contributed by atoms with Gasteiger partial charge in [0.2, 0.25) is 0 Å². The van der Waals surface area contributed by atoms with Crippen LogP contribution in [0.2, 0.25) is 0 Å². The molecule has 2 aliphatic rings. The van der Waals surface area contributed by atoms with Crippen molar-refractivity contribution < 1.29 is 18.7 Å². The van der Waals surface area contributed by atoms with E-state index in [1.165, 1.54) is 12.1 Å². The smallest absolute Gasteiger partial charge is 0.252 e. The second-order valence-electron chi connectivity index (χ2n) is 8.65. The van der Waals surface area contributed by atoms with E-state index in [0.29, 0.717) is 25.3 Å². The molecule has 1 amide bonds. The Morgan fingerprint density at radius 1 is 1.13 bits per heavy atom. The van der Waals surface area contributed by atoms with Crippen molar-refractivity contribution in [3.05, 3.63) is 59.5 Å². The highest BCUT2D eigenvalue weighted by molar-refractivity contribution is 5.94. The van der Waals surface area contributed by atoms with E-state index in [4.69, 9.17) is 9.47 Å². The van der Waals surface area contributed by atoms with Gasteiger partial charge in [0.15, 0.2) is 0 Å². The molecule has 0 radical (unpaired) electrons. The van der Waals surface area contributed by atoms with Crippen LogP contribution in [0, 0.1) is 5.82 Å². The molecule has 7 heteroatoms. The zero-order valence-corrected chi connectivity index (χ0v) is 18.1. The lowest BCUT2D eigenvalue weighted by atomic mass is 9.74. The molecule has 31 heavy (non-hydrogen) atoms. The number of nitrogens with one attached hydrogen (secondary N) is 1. The second-order valence-corrected chi connectivity index (χ2v) is 8.65. The lowest BCUT2D eigenvalue weighted by Gasteiger charge is -2.38. The molecule has 3 heterocycles. The first-order chi connectivity index (χ1) is 14.9. The number of amides is 1. The molecule has 0 aliphatic carbocycles. The Morgan fingerprint density at radius 3 is 2.42 bits per heavy atom. The lowest BCUT2D eigenvalue weighted by Crippen LogP contribution is -2.46. The van der Waals surface area contributed by atoms with E-state index in [0.717, 1.165) is 37.3 Å². The summed E-state index contributed by atoms with van der Waals surface area (Å²) in [5.41, 5.74) is 1.30. The topological polar surface area (TPSA) is 63.7 Å². The number of morpholine rings is 1. The summed E-state index contributed by atoms with van der Waals surface area (Å²) in [7, 11) is 0. The molecule has 2 fully saturated rings. The molecule has 4 rings (SSSR count). The quantitative estimate of drug-likeness (QED) is 0.793. The molecule has 2 atom stereocenters. The first-order valence-electron chi connectivity index (χ1n) is 10.9. The Balaban J connectivity index is 1.43. The average Bonchev–Trinajstić information content (AvgIpc) is 2.78. The third kappa shape index (κ3) is 5.05. The van der Waals surface area contributed by atoms with E-state index < -0.39 is 0 Å². The monoisotopic (exact) mass is 427 g/mol. The lowest BCUT2D eigenvalue weighted by molar-refractivity contribution is -0.00546. The zero-order valence-electron chi connectivity index (χ0n) is 18.1. The van der Waals surface area contributed by atoms with Gasteiger partial charge in [0.05, 0.1) is 17.8 Å². The van der Waals surface area contributed by atoms with Crippen molar-refractivity contribution >= 4 is 11.7 Å². The van der Waals surface area contributed by atoms with Gasteiger partial charge in [0, 0.05) is 44.5 Å². The summed E-state index contributed by atoms with van der Waals surface area (Å²) in [6, 6.07) is 10.3. The van der Waals surface area contributed by atoms with Crippen molar-refractivity contribution in [1.29, 1.82) is 0 Å². The molecule has 6 nitrogen and oxygen atoms in total. The Labute approximate surface area is 182 Å². The number of carbonyl (C=O) groups excluding carboxylic acids is 1. The number of nitrogens with zero attached hydrogens (tertiary/aromatic N) is 2.